The molecule has 26 heavy (non-hydrogen) atoms. The smallest absolute Gasteiger partial charge is 0.239 e. The summed E-state index contributed by atoms with van der Waals surface area (Å²) in [7, 11) is -4.06. The van der Waals surface area contributed by atoms with Gasteiger partial charge in [0.2, 0.25) is 10.0 Å². The number of ketones is 1. The fraction of sp³-hybridized carbons (Fsp3) is 0. The second-order valence-electron chi connectivity index (χ2n) is 5.66. The first-order valence-corrected chi connectivity index (χ1v) is 9.52. The van der Waals surface area contributed by atoms with E-state index in [2.05, 4.69) is 0 Å². The monoisotopic (exact) mass is 386 g/mol. The van der Waals surface area contributed by atoms with Crippen molar-refractivity contribution in [1.29, 1.82) is 0 Å². The molecule has 0 heterocycles. The summed E-state index contributed by atoms with van der Waals surface area (Å²) in [5.74, 6) is -0.413. The quantitative estimate of drug-likeness (QED) is 0.529. The van der Waals surface area contributed by atoms with Crippen LogP contribution < -0.4 is 10.9 Å². The fourth-order valence-corrected chi connectivity index (χ4v) is 3.76. The van der Waals surface area contributed by atoms with Gasteiger partial charge in [0.25, 0.3) is 0 Å². The molecule has 0 aliphatic heterocycles. The van der Waals surface area contributed by atoms with Crippen molar-refractivity contribution in [2.24, 2.45) is 5.14 Å². The molecular formula is C19H15ClN2O3S. The number of primary sulfonamides is 1. The Balaban J connectivity index is 2.19. The first-order chi connectivity index (χ1) is 12.3. The van der Waals surface area contributed by atoms with Crippen LogP contribution in [0.1, 0.15) is 15.9 Å². The van der Waals surface area contributed by atoms with Crippen LogP contribution in [0.2, 0.25) is 5.02 Å². The van der Waals surface area contributed by atoms with Crippen molar-refractivity contribution >= 4 is 33.1 Å². The summed E-state index contributed by atoms with van der Waals surface area (Å²) in [5, 5.41) is 5.12. The van der Waals surface area contributed by atoms with E-state index in [0.717, 1.165) is 5.56 Å². The molecule has 0 aromatic heterocycles. The summed E-state index contributed by atoms with van der Waals surface area (Å²) in [6.45, 7) is 0. The number of nitrogens with two attached hydrogens (primary N) is 2. The molecular weight excluding hydrogens is 372 g/mol. The molecule has 3 aromatic rings. The molecule has 0 aliphatic carbocycles. The van der Waals surface area contributed by atoms with Crippen molar-refractivity contribution in [3.63, 3.8) is 0 Å². The summed E-state index contributed by atoms with van der Waals surface area (Å²) in [6, 6.07) is 18.4. The van der Waals surface area contributed by atoms with Crippen LogP contribution in [0.3, 0.4) is 0 Å². The van der Waals surface area contributed by atoms with Crippen LogP contribution in [0.5, 0.6) is 0 Å². The molecule has 132 valence electrons. The van der Waals surface area contributed by atoms with E-state index in [1.807, 2.05) is 30.3 Å². The molecule has 0 fully saturated rings. The van der Waals surface area contributed by atoms with Crippen LogP contribution in [0.25, 0.3) is 11.1 Å². The van der Waals surface area contributed by atoms with Crippen LogP contribution in [0.4, 0.5) is 5.69 Å². The predicted octanol–water partition coefficient (Wildman–Crippen LogP) is 3.47. The number of benzene rings is 3. The Hall–Kier alpha value is -2.67. The number of nitrogen functional groups attached to an aromatic ring is 1. The molecule has 0 aliphatic rings. The molecule has 0 amide bonds. The van der Waals surface area contributed by atoms with Gasteiger partial charge >= 0.3 is 0 Å². The molecule has 7 heteroatoms. The number of halogens is 1. The number of hydrogen-bond donors (Lipinski definition) is 2. The summed E-state index contributed by atoms with van der Waals surface area (Å²) in [4.78, 5) is 12.8. The lowest BCUT2D eigenvalue weighted by atomic mass is 9.92. The highest BCUT2D eigenvalue weighted by atomic mass is 35.5. The Morgan fingerprint density at radius 3 is 2.27 bits per heavy atom. The van der Waals surface area contributed by atoms with Gasteiger partial charge in [0.05, 0.1) is 10.6 Å². The largest absolute Gasteiger partial charge is 0.398 e. The van der Waals surface area contributed by atoms with E-state index >= 15 is 0 Å². The maximum absolute atomic E-state index is 13.1. The highest BCUT2D eigenvalue weighted by molar-refractivity contribution is 7.89. The van der Waals surface area contributed by atoms with Crippen LogP contribution in [0, 0.1) is 0 Å². The molecule has 3 aromatic carbocycles. The van der Waals surface area contributed by atoms with E-state index in [-0.39, 0.29) is 15.5 Å². The van der Waals surface area contributed by atoms with E-state index in [0.29, 0.717) is 16.8 Å². The van der Waals surface area contributed by atoms with E-state index < -0.39 is 15.8 Å². The molecule has 0 atom stereocenters. The molecule has 5 nitrogen and oxygen atoms in total. The Labute approximate surface area is 156 Å². The summed E-state index contributed by atoms with van der Waals surface area (Å²) in [6.07, 6.45) is 0. The van der Waals surface area contributed by atoms with Gasteiger partial charge < -0.3 is 5.73 Å². The predicted molar refractivity (Wildman–Crippen MR) is 103 cm³/mol. The Morgan fingerprint density at radius 1 is 0.923 bits per heavy atom. The van der Waals surface area contributed by atoms with Gasteiger partial charge in [-0.3, -0.25) is 4.79 Å². The maximum Gasteiger partial charge on any atom is 0.239 e. The van der Waals surface area contributed by atoms with Gasteiger partial charge in [-0.15, -0.1) is 0 Å². The zero-order valence-corrected chi connectivity index (χ0v) is 15.1. The topological polar surface area (TPSA) is 103 Å². The second-order valence-corrected chi connectivity index (χ2v) is 7.59. The van der Waals surface area contributed by atoms with Gasteiger partial charge in [0.15, 0.2) is 5.78 Å². The molecule has 3 rings (SSSR count). The number of carbonyl (C=O) groups excluding carboxylic acids is 1. The van der Waals surface area contributed by atoms with Crippen molar-refractivity contribution < 1.29 is 13.2 Å². The first kappa shape index (κ1) is 18.1. The normalized spacial score (nSPS) is 11.3. The van der Waals surface area contributed by atoms with Gasteiger partial charge in [0, 0.05) is 11.3 Å². The van der Waals surface area contributed by atoms with Crippen molar-refractivity contribution in [3.05, 3.63) is 82.9 Å². The maximum atomic E-state index is 13.1. The standard InChI is InChI=1S/C19H15ClN2O3S/c20-15-10-9-13(11-17(15)26(22,24)25)19(23)18-14(7-4-8-16(18)21)12-5-2-1-3-6-12/h1-11H,21H2,(H2,22,24,25). The van der Waals surface area contributed by atoms with Crippen molar-refractivity contribution in [1.82, 2.24) is 0 Å². The lowest BCUT2D eigenvalue weighted by Crippen LogP contribution is -2.14. The van der Waals surface area contributed by atoms with Crippen LogP contribution >= 0.6 is 11.6 Å². The molecule has 4 N–H and O–H groups in total. The Bertz CT molecular complexity index is 1100. The Kier molecular flexibility index (Phi) is 4.82. The minimum atomic E-state index is -4.06. The summed E-state index contributed by atoms with van der Waals surface area (Å²) >= 11 is 5.89. The highest BCUT2D eigenvalue weighted by Gasteiger charge is 2.21. The third-order valence-corrected chi connectivity index (χ3v) is 5.30. The highest BCUT2D eigenvalue weighted by Crippen LogP contribution is 2.31. The van der Waals surface area contributed by atoms with Gasteiger partial charge in [-0.25, -0.2) is 13.6 Å². The van der Waals surface area contributed by atoms with Gasteiger partial charge in [0.1, 0.15) is 4.90 Å². The third kappa shape index (κ3) is 3.48. The fourth-order valence-electron chi connectivity index (χ4n) is 2.69. The van der Waals surface area contributed by atoms with Gasteiger partial charge in [-0.1, -0.05) is 54.1 Å². The number of rotatable bonds is 4. The number of carbonyl (C=O) groups is 1. The van der Waals surface area contributed by atoms with Crippen molar-refractivity contribution in [2.45, 2.75) is 4.90 Å². The second kappa shape index (κ2) is 6.92. The average molecular weight is 387 g/mol. The van der Waals surface area contributed by atoms with Gasteiger partial charge in [-0.05, 0) is 35.4 Å². The van der Waals surface area contributed by atoms with E-state index in [4.69, 9.17) is 22.5 Å². The lowest BCUT2D eigenvalue weighted by molar-refractivity contribution is 0.104. The zero-order valence-electron chi connectivity index (χ0n) is 13.5. The average Bonchev–Trinajstić information content (AvgIpc) is 2.61. The summed E-state index contributed by atoms with van der Waals surface area (Å²) < 4.78 is 23.4. The number of anilines is 1. The minimum Gasteiger partial charge on any atom is -0.398 e. The molecule has 0 bridgehead atoms. The Morgan fingerprint density at radius 2 is 1.62 bits per heavy atom. The van der Waals surface area contributed by atoms with Crippen molar-refractivity contribution in [2.75, 3.05) is 5.73 Å². The first-order valence-electron chi connectivity index (χ1n) is 7.60. The lowest BCUT2D eigenvalue weighted by Gasteiger charge is -2.13. The summed E-state index contributed by atoms with van der Waals surface area (Å²) in [5.41, 5.74) is 8.26. The zero-order chi connectivity index (χ0) is 18.9. The molecule has 0 spiro atoms. The molecule has 0 saturated heterocycles. The van der Waals surface area contributed by atoms with E-state index in [9.17, 15) is 13.2 Å². The van der Waals surface area contributed by atoms with Crippen LogP contribution in [-0.2, 0) is 10.0 Å². The van der Waals surface area contributed by atoms with Crippen LogP contribution in [0.15, 0.2) is 71.6 Å². The van der Waals surface area contributed by atoms with E-state index in [1.165, 1.54) is 18.2 Å². The molecule has 0 saturated carbocycles. The SMILES string of the molecule is Nc1cccc(-c2ccccc2)c1C(=O)c1ccc(Cl)c(S(N)(=O)=O)c1. The molecule has 0 unspecified atom stereocenters. The third-order valence-electron chi connectivity index (χ3n) is 3.91. The van der Waals surface area contributed by atoms with E-state index in [1.54, 1.807) is 18.2 Å². The minimum absolute atomic E-state index is 0.0478. The number of hydrogen-bond acceptors (Lipinski definition) is 4. The number of sulfonamides is 1. The van der Waals surface area contributed by atoms with Crippen LogP contribution in [-0.4, -0.2) is 14.2 Å². The molecule has 0 radical (unpaired) electrons. The van der Waals surface area contributed by atoms with Gasteiger partial charge in [-0.2, -0.15) is 0 Å². The van der Waals surface area contributed by atoms with Crippen molar-refractivity contribution in [3.8, 4) is 11.1 Å².